The topological polar surface area (TPSA) is 26.0 Å². The average Bonchev–Trinajstić information content (AvgIpc) is 2.01. The fourth-order valence-electron chi connectivity index (χ4n) is 0.612. The maximum absolute atomic E-state index is 5.03. The Morgan fingerprint density at radius 1 is 1.09 bits per heavy atom. The van der Waals surface area contributed by atoms with Crippen LogP contribution in [-0.2, 0) is 0 Å². The predicted molar refractivity (Wildman–Crippen MR) is 53.7 cm³/mol. The van der Waals surface area contributed by atoms with E-state index >= 15 is 0 Å². The van der Waals surface area contributed by atoms with Crippen LogP contribution in [0.2, 0.25) is 0 Å². The van der Waals surface area contributed by atoms with Crippen LogP contribution >= 0.6 is 0 Å². The Morgan fingerprint density at radius 2 is 1.55 bits per heavy atom. The van der Waals surface area contributed by atoms with Crippen molar-refractivity contribution in [2.24, 2.45) is 11.7 Å². The quantitative estimate of drug-likeness (QED) is 0.670. The molecule has 0 heterocycles. The maximum Gasteiger partial charge on any atom is -0.00799 e. The molecule has 0 aromatic heterocycles. The van der Waals surface area contributed by atoms with Crippen LogP contribution in [-0.4, -0.2) is 6.54 Å². The van der Waals surface area contributed by atoms with Crippen molar-refractivity contribution in [3.05, 3.63) is 0 Å². The molecule has 0 rings (SSSR count). The summed E-state index contributed by atoms with van der Waals surface area (Å²) in [6.07, 6.45) is 5.24. The molecule has 0 fully saturated rings. The molecule has 0 aliphatic rings. The van der Waals surface area contributed by atoms with Gasteiger partial charge in [-0.1, -0.05) is 47.0 Å². The van der Waals surface area contributed by atoms with E-state index in [1.807, 2.05) is 0 Å². The normalized spacial score (nSPS) is 9.27. The third-order valence-corrected chi connectivity index (χ3v) is 1.42. The summed E-state index contributed by atoms with van der Waals surface area (Å²) in [5.41, 5.74) is 5.03. The van der Waals surface area contributed by atoms with Gasteiger partial charge in [0.15, 0.2) is 0 Å². The number of hydrogen-bond donors (Lipinski definition) is 1. The Hall–Kier alpha value is -0.0400. The summed E-state index contributed by atoms with van der Waals surface area (Å²) in [5, 5.41) is 0. The molecule has 0 saturated carbocycles. The van der Waals surface area contributed by atoms with E-state index < -0.39 is 0 Å². The minimum absolute atomic E-state index is 0.819. The van der Waals surface area contributed by atoms with Gasteiger partial charge in [-0.3, -0.25) is 0 Å². The number of rotatable bonds is 4. The van der Waals surface area contributed by atoms with Crippen LogP contribution in [0.25, 0.3) is 0 Å². The second-order valence-corrected chi connectivity index (χ2v) is 3.32. The molecule has 0 radical (unpaired) electrons. The molecule has 0 aromatic carbocycles. The lowest BCUT2D eigenvalue weighted by molar-refractivity contribution is 0.550. The van der Waals surface area contributed by atoms with Crippen molar-refractivity contribution >= 4 is 0 Å². The third kappa shape index (κ3) is 25.7. The molecule has 11 heavy (non-hydrogen) atoms. The van der Waals surface area contributed by atoms with Gasteiger partial charge in [0.05, 0.1) is 0 Å². The van der Waals surface area contributed by atoms with Gasteiger partial charge in [-0.25, -0.2) is 0 Å². The monoisotopic (exact) mass is 159 g/mol. The van der Waals surface area contributed by atoms with Gasteiger partial charge in [0.25, 0.3) is 0 Å². The first-order valence-corrected chi connectivity index (χ1v) is 4.89. The number of hydrogen-bond acceptors (Lipinski definition) is 1. The number of unbranched alkanes of at least 4 members (excludes halogenated alkanes) is 1. The minimum Gasteiger partial charge on any atom is -0.330 e. The first-order valence-electron chi connectivity index (χ1n) is 4.89. The first kappa shape index (κ1) is 13.5. The summed E-state index contributed by atoms with van der Waals surface area (Å²) in [7, 11) is 0. The fourth-order valence-corrected chi connectivity index (χ4v) is 0.612. The Bertz CT molecular complexity index is 48.8. The summed E-state index contributed by atoms with van der Waals surface area (Å²) < 4.78 is 0. The Kier molecular flexibility index (Phi) is 15.5. The van der Waals surface area contributed by atoms with E-state index in [0.717, 1.165) is 18.9 Å². The van der Waals surface area contributed by atoms with E-state index in [2.05, 4.69) is 27.7 Å². The first-order chi connectivity index (χ1) is 5.18. The second kappa shape index (κ2) is 12.6. The summed E-state index contributed by atoms with van der Waals surface area (Å²) >= 11 is 0. The highest BCUT2D eigenvalue weighted by atomic mass is 14.5. The van der Waals surface area contributed by atoms with E-state index in [9.17, 15) is 0 Å². The molecule has 0 bridgehead atoms. The zero-order chi connectivity index (χ0) is 9.11. The highest BCUT2D eigenvalue weighted by molar-refractivity contribution is 4.42. The van der Waals surface area contributed by atoms with Gasteiger partial charge in [-0.2, -0.15) is 0 Å². The standard InChI is InChI=1S/C7H16.C3H9N/c1-4-5-6-7(2)3;1-2-3-4/h7H,4-6H2,1-3H3;2-4H2,1H3. The van der Waals surface area contributed by atoms with Crippen LogP contribution in [0.3, 0.4) is 0 Å². The lowest BCUT2D eigenvalue weighted by Gasteiger charge is -1.98. The molecule has 0 unspecified atom stereocenters. The van der Waals surface area contributed by atoms with Crippen molar-refractivity contribution in [2.75, 3.05) is 6.54 Å². The van der Waals surface area contributed by atoms with Crippen LogP contribution in [0.1, 0.15) is 53.4 Å². The lowest BCUT2D eigenvalue weighted by Crippen LogP contribution is -1.93. The molecule has 0 atom stereocenters. The van der Waals surface area contributed by atoms with Gasteiger partial charge in [-0.05, 0) is 18.9 Å². The van der Waals surface area contributed by atoms with Crippen LogP contribution in [0, 0.1) is 5.92 Å². The molecule has 0 spiro atoms. The molecule has 2 N–H and O–H groups in total. The van der Waals surface area contributed by atoms with Gasteiger partial charge in [-0.15, -0.1) is 0 Å². The van der Waals surface area contributed by atoms with E-state index in [-0.39, 0.29) is 0 Å². The zero-order valence-electron chi connectivity index (χ0n) is 8.69. The van der Waals surface area contributed by atoms with Crippen molar-refractivity contribution in [1.29, 1.82) is 0 Å². The second-order valence-electron chi connectivity index (χ2n) is 3.32. The molecular weight excluding hydrogens is 134 g/mol. The zero-order valence-corrected chi connectivity index (χ0v) is 8.69. The average molecular weight is 159 g/mol. The van der Waals surface area contributed by atoms with E-state index in [1.54, 1.807) is 0 Å². The predicted octanol–water partition coefficient (Wildman–Crippen LogP) is 3.19. The van der Waals surface area contributed by atoms with Crippen molar-refractivity contribution in [3.8, 4) is 0 Å². The van der Waals surface area contributed by atoms with Gasteiger partial charge in [0.1, 0.15) is 0 Å². The smallest absolute Gasteiger partial charge is 0.00799 e. The molecule has 0 saturated heterocycles. The molecule has 0 aliphatic carbocycles. The van der Waals surface area contributed by atoms with Gasteiger partial charge in [0, 0.05) is 0 Å². The largest absolute Gasteiger partial charge is 0.330 e. The molecule has 0 aliphatic heterocycles. The maximum atomic E-state index is 5.03. The molecule has 0 aromatic rings. The fraction of sp³-hybridized carbons (Fsp3) is 1.00. The van der Waals surface area contributed by atoms with Crippen LogP contribution in [0.15, 0.2) is 0 Å². The van der Waals surface area contributed by atoms with E-state index in [0.29, 0.717) is 0 Å². The summed E-state index contributed by atoms with van der Waals surface area (Å²) in [6, 6.07) is 0. The summed E-state index contributed by atoms with van der Waals surface area (Å²) in [5.74, 6) is 0.903. The minimum atomic E-state index is 0.819. The van der Waals surface area contributed by atoms with Gasteiger partial charge < -0.3 is 5.73 Å². The Morgan fingerprint density at radius 3 is 1.64 bits per heavy atom. The SMILES string of the molecule is CCCCC(C)C.CCCN. The molecule has 0 amide bonds. The highest BCUT2D eigenvalue weighted by Crippen LogP contribution is 2.04. The summed E-state index contributed by atoms with van der Waals surface area (Å²) in [4.78, 5) is 0. The third-order valence-electron chi connectivity index (χ3n) is 1.42. The Balaban J connectivity index is 0. The Labute approximate surface area is 72.4 Å². The molecular formula is C10H25N. The van der Waals surface area contributed by atoms with Crippen LogP contribution in [0.5, 0.6) is 0 Å². The van der Waals surface area contributed by atoms with Crippen molar-refractivity contribution in [3.63, 3.8) is 0 Å². The van der Waals surface area contributed by atoms with Crippen LogP contribution in [0.4, 0.5) is 0 Å². The highest BCUT2D eigenvalue weighted by Gasteiger charge is 1.88. The van der Waals surface area contributed by atoms with E-state index in [1.165, 1.54) is 19.3 Å². The number of nitrogens with two attached hydrogens (primary N) is 1. The van der Waals surface area contributed by atoms with Gasteiger partial charge >= 0.3 is 0 Å². The van der Waals surface area contributed by atoms with Crippen molar-refractivity contribution in [1.82, 2.24) is 0 Å². The van der Waals surface area contributed by atoms with E-state index in [4.69, 9.17) is 5.73 Å². The van der Waals surface area contributed by atoms with Crippen molar-refractivity contribution < 1.29 is 0 Å². The molecule has 1 heteroatoms. The van der Waals surface area contributed by atoms with Gasteiger partial charge in [0.2, 0.25) is 0 Å². The molecule has 1 nitrogen and oxygen atoms in total. The lowest BCUT2D eigenvalue weighted by atomic mass is 10.1. The summed E-state index contributed by atoms with van der Waals surface area (Å²) in [6.45, 7) is 9.66. The van der Waals surface area contributed by atoms with Crippen molar-refractivity contribution in [2.45, 2.75) is 53.4 Å². The molecule has 70 valence electrons. The van der Waals surface area contributed by atoms with Crippen LogP contribution < -0.4 is 5.73 Å².